The van der Waals surface area contributed by atoms with Crippen molar-refractivity contribution in [2.24, 2.45) is 7.05 Å². The van der Waals surface area contributed by atoms with E-state index in [0.29, 0.717) is 16.5 Å². The number of H-pyrrole nitrogens is 1. The van der Waals surface area contributed by atoms with Crippen LogP contribution in [0.3, 0.4) is 0 Å². The Morgan fingerprint density at radius 3 is 2.55 bits per heavy atom. The quantitative estimate of drug-likeness (QED) is 0.667. The van der Waals surface area contributed by atoms with Crippen LogP contribution in [0, 0.1) is 0 Å². The van der Waals surface area contributed by atoms with Crippen LogP contribution >= 0.6 is 11.8 Å². The van der Waals surface area contributed by atoms with E-state index in [0.717, 1.165) is 0 Å². The lowest BCUT2D eigenvalue weighted by Crippen LogP contribution is -2.16. The van der Waals surface area contributed by atoms with Crippen molar-refractivity contribution in [2.75, 3.05) is 7.11 Å². The molecule has 2 rings (SSSR count). The maximum absolute atomic E-state index is 12.3. The maximum Gasteiger partial charge on any atom is 0.343 e. The molecular formula is C13H15N3O3S. The van der Waals surface area contributed by atoms with Gasteiger partial charge in [0, 0.05) is 12.6 Å². The van der Waals surface area contributed by atoms with Crippen molar-refractivity contribution in [3.05, 3.63) is 40.3 Å². The molecule has 0 saturated heterocycles. The van der Waals surface area contributed by atoms with Gasteiger partial charge in [0.2, 0.25) is 0 Å². The average Bonchev–Trinajstić information content (AvgIpc) is 2.78. The number of ketones is 1. The zero-order chi connectivity index (χ0) is 14.7. The van der Waals surface area contributed by atoms with Gasteiger partial charge in [-0.15, -0.1) is 5.10 Å². The molecule has 1 unspecified atom stereocenters. The number of rotatable bonds is 5. The second kappa shape index (κ2) is 5.96. The number of carbonyl (C=O) groups excluding carboxylic acids is 1. The molecule has 0 fully saturated rings. The van der Waals surface area contributed by atoms with Crippen LogP contribution < -0.4 is 10.4 Å². The van der Waals surface area contributed by atoms with Crippen molar-refractivity contribution < 1.29 is 9.53 Å². The highest BCUT2D eigenvalue weighted by molar-refractivity contribution is 8.00. The lowest BCUT2D eigenvalue weighted by atomic mass is 10.1. The number of hydrogen-bond donors (Lipinski definition) is 1. The van der Waals surface area contributed by atoms with Crippen LogP contribution in [-0.2, 0) is 7.05 Å². The van der Waals surface area contributed by atoms with Crippen molar-refractivity contribution in [1.82, 2.24) is 14.8 Å². The number of nitrogens with zero attached hydrogens (tertiary/aromatic N) is 2. The number of benzene rings is 1. The van der Waals surface area contributed by atoms with E-state index in [9.17, 15) is 9.59 Å². The molecule has 2 aromatic rings. The van der Waals surface area contributed by atoms with Crippen LogP contribution in [0.2, 0.25) is 0 Å². The summed E-state index contributed by atoms with van der Waals surface area (Å²) in [5.74, 6) is 0.685. The van der Waals surface area contributed by atoms with E-state index < -0.39 is 0 Å². The van der Waals surface area contributed by atoms with Crippen LogP contribution in [0.1, 0.15) is 17.3 Å². The molecular weight excluding hydrogens is 278 g/mol. The second-order valence-electron chi connectivity index (χ2n) is 4.22. The highest BCUT2D eigenvalue weighted by Crippen LogP contribution is 2.23. The zero-order valence-corrected chi connectivity index (χ0v) is 12.2. The Labute approximate surface area is 120 Å². The second-order valence-corrected chi connectivity index (χ2v) is 5.53. The number of carbonyl (C=O) groups is 1. The van der Waals surface area contributed by atoms with Gasteiger partial charge in [-0.2, -0.15) is 0 Å². The van der Waals surface area contributed by atoms with Gasteiger partial charge in [-0.25, -0.2) is 9.89 Å². The fourth-order valence-corrected chi connectivity index (χ4v) is 2.54. The molecule has 0 radical (unpaired) electrons. The number of aromatic nitrogens is 3. The standard InChI is InChI=1S/C13H15N3O3S/c1-8(20-13-15-14-12(18)16(13)2)11(17)9-4-6-10(19-3)7-5-9/h4-8H,1-3H3,(H,14,18). The summed E-state index contributed by atoms with van der Waals surface area (Å²) < 4.78 is 6.43. The molecule has 106 valence electrons. The number of methoxy groups -OCH3 is 1. The topological polar surface area (TPSA) is 77.0 Å². The van der Waals surface area contributed by atoms with Gasteiger partial charge in [0.15, 0.2) is 10.9 Å². The number of ether oxygens (including phenoxy) is 1. The summed E-state index contributed by atoms with van der Waals surface area (Å²) >= 11 is 1.24. The minimum atomic E-state index is -0.336. The summed E-state index contributed by atoms with van der Waals surface area (Å²) in [6.07, 6.45) is 0. The Balaban J connectivity index is 2.11. The number of hydrogen-bond acceptors (Lipinski definition) is 5. The molecule has 0 spiro atoms. The first-order valence-corrected chi connectivity index (χ1v) is 6.87. The van der Waals surface area contributed by atoms with Gasteiger partial charge in [0.05, 0.1) is 12.4 Å². The normalized spacial score (nSPS) is 12.2. The van der Waals surface area contributed by atoms with Crippen molar-refractivity contribution in [3.63, 3.8) is 0 Å². The Morgan fingerprint density at radius 1 is 1.40 bits per heavy atom. The number of aromatic amines is 1. The highest BCUT2D eigenvalue weighted by Gasteiger charge is 2.19. The molecule has 0 aliphatic heterocycles. The third-order valence-corrected chi connectivity index (χ3v) is 4.01. The smallest absolute Gasteiger partial charge is 0.343 e. The lowest BCUT2D eigenvalue weighted by Gasteiger charge is -2.09. The molecule has 1 heterocycles. The lowest BCUT2D eigenvalue weighted by molar-refractivity contribution is 0.0994. The molecule has 0 aliphatic carbocycles. The molecule has 1 atom stereocenters. The molecule has 0 saturated carbocycles. The van der Waals surface area contributed by atoms with E-state index in [1.807, 2.05) is 0 Å². The average molecular weight is 293 g/mol. The Kier molecular flexibility index (Phi) is 4.29. The van der Waals surface area contributed by atoms with Gasteiger partial charge in [0.25, 0.3) is 0 Å². The maximum atomic E-state index is 12.3. The number of thioether (sulfide) groups is 1. The van der Waals surface area contributed by atoms with E-state index in [-0.39, 0.29) is 16.7 Å². The fraction of sp³-hybridized carbons (Fsp3) is 0.308. The molecule has 7 heteroatoms. The summed E-state index contributed by atoms with van der Waals surface area (Å²) in [5.41, 5.74) is 0.308. The SMILES string of the molecule is COc1ccc(C(=O)C(C)Sc2n[nH]c(=O)n2C)cc1. The summed E-state index contributed by atoms with van der Waals surface area (Å²) in [6, 6.07) is 6.94. The van der Waals surface area contributed by atoms with E-state index in [2.05, 4.69) is 10.2 Å². The third-order valence-electron chi connectivity index (χ3n) is 2.86. The molecule has 1 aromatic heterocycles. The van der Waals surface area contributed by atoms with E-state index in [1.54, 1.807) is 45.3 Å². The first-order chi connectivity index (χ1) is 9.52. The number of nitrogens with one attached hydrogen (secondary N) is 1. The van der Waals surface area contributed by atoms with Crippen molar-refractivity contribution in [2.45, 2.75) is 17.3 Å². The Hall–Kier alpha value is -2.02. The van der Waals surface area contributed by atoms with Gasteiger partial charge < -0.3 is 4.74 Å². The first-order valence-electron chi connectivity index (χ1n) is 5.99. The minimum Gasteiger partial charge on any atom is -0.497 e. The summed E-state index contributed by atoms with van der Waals surface area (Å²) in [4.78, 5) is 23.5. The molecule has 0 aliphatic rings. The summed E-state index contributed by atoms with van der Waals surface area (Å²) in [7, 11) is 3.19. The molecule has 0 bridgehead atoms. The van der Waals surface area contributed by atoms with Gasteiger partial charge in [-0.1, -0.05) is 11.8 Å². The monoisotopic (exact) mass is 293 g/mol. The van der Waals surface area contributed by atoms with Crippen molar-refractivity contribution in [1.29, 1.82) is 0 Å². The predicted octanol–water partition coefficient (Wildman–Crippen LogP) is 1.48. The summed E-state index contributed by atoms with van der Waals surface area (Å²) in [5, 5.41) is 6.37. The fourth-order valence-electron chi connectivity index (χ4n) is 1.64. The Morgan fingerprint density at radius 2 is 2.05 bits per heavy atom. The predicted molar refractivity (Wildman–Crippen MR) is 76.5 cm³/mol. The Bertz CT molecular complexity index is 660. The largest absolute Gasteiger partial charge is 0.497 e. The highest BCUT2D eigenvalue weighted by atomic mass is 32.2. The van der Waals surface area contributed by atoms with Gasteiger partial charge >= 0.3 is 5.69 Å². The van der Waals surface area contributed by atoms with Crippen LogP contribution in [-0.4, -0.2) is 32.9 Å². The molecule has 1 aromatic carbocycles. The first kappa shape index (κ1) is 14.4. The minimum absolute atomic E-state index is 0.0203. The van der Waals surface area contributed by atoms with Gasteiger partial charge in [0.1, 0.15) is 5.75 Å². The van der Waals surface area contributed by atoms with Crippen LogP contribution in [0.25, 0.3) is 0 Å². The molecule has 0 amide bonds. The molecule has 6 nitrogen and oxygen atoms in total. The van der Waals surface area contributed by atoms with Crippen LogP contribution in [0.4, 0.5) is 0 Å². The van der Waals surface area contributed by atoms with Gasteiger partial charge in [-0.3, -0.25) is 9.36 Å². The van der Waals surface area contributed by atoms with Crippen LogP contribution in [0.5, 0.6) is 5.75 Å². The van der Waals surface area contributed by atoms with Crippen molar-refractivity contribution >= 4 is 17.5 Å². The van der Waals surface area contributed by atoms with Crippen LogP contribution in [0.15, 0.2) is 34.2 Å². The van der Waals surface area contributed by atoms with E-state index in [1.165, 1.54) is 16.3 Å². The third kappa shape index (κ3) is 2.93. The molecule has 20 heavy (non-hydrogen) atoms. The summed E-state index contributed by atoms with van der Waals surface area (Å²) in [6.45, 7) is 1.79. The van der Waals surface area contributed by atoms with E-state index >= 15 is 0 Å². The van der Waals surface area contributed by atoms with Crippen molar-refractivity contribution in [3.8, 4) is 5.75 Å². The number of Topliss-reactive ketones (excluding diaryl/α,β-unsaturated/α-hetero) is 1. The molecule has 1 N–H and O–H groups in total. The van der Waals surface area contributed by atoms with E-state index in [4.69, 9.17) is 4.74 Å². The van der Waals surface area contributed by atoms with Gasteiger partial charge in [-0.05, 0) is 31.2 Å². The zero-order valence-electron chi connectivity index (χ0n) is 11.4.